The van der Waals surface area contributed by atoms with Crippen molar-refractivity contribution < 1.29 is 14.0 Å². The fraction of sp³-hybridized carbons (Fsp3) is 0.529. The highest BCUT2D eigenvalue weighted by atomic mass is 19.1. The maximum absolute atomic E-state index is 13.6. The Hall–Kier alpha value is -1.91. The zero-order valence-corrected chi connectivity index (χ0v) is 13.4. The van der Waals surface area contributed by atoms with E-state index in [-0.39, 0.29) is 23.5 Å². The van der Waals surface area contributed by atoms with Crippen LogP contribution in [0.3, 0.4) is 0 Å². The molecule has 2 atom stereocenters. The summed E-state index contributed by atoms with van der Waals surface area (Å²) in [4.78, 5) is 28.2. The highest BCUT2D eigenvalue weighted by molar-refractivity contribution is 5.85. The Balaban J connectivity index is 2.38. The summed E-state index contributed by atoms with van der Waals surface area (Å²) in [6.07, 6.45) is 0.875. The average Bonchev–Trinajstić information content (AvgIpc) is 2.50. The number of amides is 2. The van der Waals surface area contributed by atoms with Crippen molar-refractivity contribution >= 4 is 11.8 Å². The van der Waals surface area contributed by atoms with E-state index in [0.29, 0.717) is 31.5 Å². The number of hydrogen-bond acceptors (Lipinski definition) is 2. The Morgan fingerprint density at radius 1 is 1.36 bits per heavy atom. The summed E-state index contributed by atoms with van der Waals surface area (Å²) in [6, 6.07) is 5.80. The van der Waals surface area contributed by atoms with Gasteiger partial charge in [0.2, 0.25) is 11.8 Å². The smallest absolute Gasteiger partial charge is 0.228 e. The van der Waals surface area contributed by atoms with Crippen molar-refractivity contribution in [1.29, 1.82) is 0 Å². The number of piperidine rings is 1. The zero-order chi connectivity index (χ0) is 16.3. The Morgan fingerprint density at radius 3 is 2.64 bits per heavy atom. The van der Waals surface area contributed by atoms with Crippen LogP contribution in [-0.4, -0.2) is 41.8 Å². The van der Waals surface area contributed by atoms with Crippen LogP contribution in [0.15, 0.2) is 24.3 Å². The van der Waals surface area contributed by atoms with E-state index in [1.165, 1.54) is 12.1 Å². The molecule has 1 aliphatic heterocycles. The van der Waals surface area contributed by atoms with Gasteiger partial charge in [0, 0.05) is 26.6 Å². The SMILES string of the molecule is CCN(CC)C(=O)[C@H]1CCC(=O)N(C)[C@@H]1c1cccc(F)c1. The van der Waals surface area contributed by atoms with Crippen LogP contribution in [0.25, 0.3) is 0 Å². The molecule has 1 fully saturated rings. The number of nitrogens with zero attached hydrogens (tertiary/aromatic N) is 2. The molecule has 0 aromatic heterocycles. The lowest BCUT2D eigenvalue weighted by Gasteiger charge is -2.40. The summed E-state index contributed by atoms with van der Waals surface area (Å²) in [5.41, 5.74) is 0.682. The number of rotatable bonds is 4. The quantitative estimate of drug-likeness (QED) is 0.858. The van der Waals surface area contributed by atoms with Gasteiger partial charge in [-0.3, -0.25) is 9.59 Å². The molecule has 2 amide bonds. The lowest BCUT2D eigenvalue weighted by molar-refractivity contribution is -0.146. The van der Waals surface area contributed by atoms with Crippen molar-refractivity contribution in [2.45, 2.75) is 32.7 Å². The van der Waals surface area contributed by atoms with E-state index in [1.807, 2.05) is 13.8 Å². The monoisotopic (exact) mass is 306 g/mol. The van der Waals surface area contributed by atoms with Gasteiger partial charge in [-0.1, -0.05) is 12.1 Å². The van der Waals surface area contributed by atoms with Gasteiger partial charge in [-0.2, -0.15) is 0 Å². The zero-order valence-electron chi connectivity index (χ0n) is 13.4. The van der Waals surface area contributed by atoms with E-state index in [4.69, 9.17) is 0 Å². The van der Waals surface area contributed by atoms with Gasteiger partial charge in [-0.05, 0) is 38.0 Å². The van der Waals surface area contributed by atoms with Crippen LogP contribution in [0.2, 0.25) is 0 Å². The average molecular weight is 306 g/mol. The molecule has 4 nitrogen and oxygen atoms in total. The van der Waals surface area contributed by atoms with E-state index in [9.17, 15) is 14.0 Å². The van der Waals surface area contributed by atoms with Gasteiger partial charge in [-0.15, -0.1) is 0 Å². The van der Waals surface area contributed by atoms with Gasteiger partial charge in [0.25, 0.3) is 0 Å². The molecule has 0 unspecified atom stereocenters. The molecule has 120 valence electrons. The maximum Gasteiger partial charge on any atom is 0.228 e. The number of benzene rings is 1. The summed E-state index contributed by atoms with van der Waals surface area (Å²) in [5, 5.41) is 0. The second-order valence-electron chi connectivity index (χ2n) is 5.66. The molecule has 1 aromatic rings. The highest BCUT2D eigenvalue weighted by Crippen LogP contribution is 2.37. The van der Waals surface area contributed by atoms with Crippen LogP contribution in [-0.2, 0) is 9.59 Å². The van der Waals surface area contributed by atoms with Crippen molar-refractivity contribution in [3.8, 4) is 0 Å². The second-order valence-corrected chi connectivity index (χ2v) is 5.66. The van der Waals surface area contributed by atoms with E-state index in [0.717, 1.165) is 0 Å². The topological polar surface area (TPSA) is 40.6 Å². The van der Waals surface area contributed by atoms with E-state index >= 15 is 0 Å². The van der Waals surface area contributed by atoms with Crippen LogP contribution in [0.1, 0.15) is 38.3 Å². The third kappa shape index (κ3) is 3.13. The first-order chi connectivity index (χ1) is 10.5. The summed E-state index contributed by atoms with van der Waals surface area (Å²) in [6.45, 7) is 5.16. The molecule has 2 rings (SSSR count). The lowest BCUT2D eigenvalue weighted by Crippen LogP contribution is -2.47. The first-order valence-corrected chi connectivity index (χ1v) is 7.79. The predicted octanol–water partition coefficient (Wildman–Crippen LogP) is 2.60. The minimum absolute atomic E-state index is 0.00198. The van der Waals surface area contributed by atoms with Gasteiger partial charge in [0.05, 0.1) is 12.0 Å². The van der Waals surface area contributed by atoms with E-state index in [1.54, 1.807) is 29.0 Å². The minimum Gasteiger partial charge on any atom is -0.343 e. The first kappa shape index (κ1) is 16.5. The fourth-order valence-electron chi connectivity index (χ4n) is 3.21. The van der Waals surface area contributed by atoms with Crippen LogP contribution in [0, 0.1) is 11.7 Å². The number of carbonyl (C=O) groups excluding carboxylic acids is 2. The molecule has 1 aliphatic rings. The van der Waals surface area contributed by atoms with Gasteiger partial charge in [0.1, 0.15) is 5.82 Å². The van der Waals surface area contributed by atoms with Crippen LogP contribution < -0.4 is 0 Å². The number of halogens is 1. The summed E-state index contributed by atoms with van der Waals surface area (Å²) < 4.78 is 13.6. The maximum atomic E-state index is 13.6. The molecule has 0 radical (unpaired) electrons. The molecule has 1 aromatic carbocycles. The number of hydrogen-bond donors (Lipinski definition) is 0. The molecule has 5 heteroatoms. The summed E-state index contributed by atoms with van der Waals surface area (Å²) >= 11 is 0. The normalized spacial score (nSPS) is 21.8. The van der Waals surface area contributed by atoms with Crippen LogP contribution >= 0.6 is 0 Å². The Morgan fingerprint density at radius 2 is 2.05 bits per heavy atom. The summed E-state index contributed by atoms with van der Waals surface area (Å²) in [7, 11) is 1.69. The molecular formula is C17H23FN2O2. The first-order valence-electron chi connectivity index (χ1n) is 7.79. The molecule has 22 heavy (non-hydrogen) atoms. The van der Waals surface area contributed by atoms with Crippen molar-refractivity contribution in [2.75, 3.05) is 20.1 Å². The Labute approximate surface area is 130 Å². The lowest BCUT2D eigenvalue weighted by atomic mass is 9.83. The predicted molar refractivity (Wildman–Crippen MR) is 82.6 cm³/mol. The Bertz CT molecular complexity index is 557. The molecule has 0 saturated carbocycles. The van der Waals surface area contributed by atoms with E-state index in [2.05, 4.69) is 0 Å². The van der Waals surface area contributed by atoms with Crippen molar-refractivity contribution in [1.82, 2.24) is 9.80 Å². The number of likely N-dealkylation sites (tertiary alicyclic amines) is 1. The second kappa shape index (κ2) is 6.90. The third-order valence-corrected chi connectivity index (χ3v) is 4.44. The third-order valence-electron chi connectivity index (χ3n) is 4.44. The van der Waals surface area contributed by atoms with Crippen molar-refractivity contribution in [3.63, 3.8) is 0 Å². The van der Waals surface area contributed by atoms with Gasteiger partial charge >= 0.3 is 0 Å². The Kier molecular flexibility index (Phi) is 5.16. The van der Waals surface area contributed by atoms with Crippen molar-refractivity contribution in [3.05, 3.63) is 35.6 Å². The van der Waals surface area contributed by atoms with Crippen LogP contribution in [0.4, 0.5) is 4.39 Å². The molecule has 1 heterocycles. The van der Waals surface area contributed by atoms with Gasteiger partial charge in [-0.25, -0.2) is 4.39 Å². The van der Waals surface area contributed by atoms with Gasteiger partial charge < -0.3 is 9.80 Å². The molecule has 1 saturated heterocycles. The fourth-order valence-corrected chi connectivity index (χ4v) is 3.21. The molecule has 0 spiro atoms. The highest BCUT2D eigenvalue weighted by Gasteiger charge is 2.40. The summed E-state index contributed by atoms with van der Waals surface area (Å²) in [5.74, 6) is -0.626. The number of carbonyl (C=O) groups is 2. The van der Waals surface area contributed by atoms with Gasteiger partial charge in [0.15, 0.2) is 0 Å². The molecule has 0 N–H and O–H groups in total. The molecular weight excluding hydrogens is 283 g/mol. The van der Waals surface area contributed by atoms with E-state index < -0.39 is 6.04 Å². The standard InChI is InChI=1S/C17H23FN2O2/c1-4-20(5-2)17(22)14-9-10-15(21)19(3)16(14)12-7-6-8-13(18)11-12/h6-8,11,14,16H,4-5,9-10H2,1-3H3/t14-,16+/m0/s1. The molecule has 0 aliphatic carbocycles. The molecule has 0 bridgehead atoms. The minimum atomic E-state index is -0.398. The van der Waals surface area contributed by atoms with Crippen molar-refractivity contribution in [2.24, 2.45) is 5.92 Å². The largest absolute Gasteiger partial charge is 0.343 e. The van der Waals surface area contributed by atoms with Crippen LogP contribution in [0.5, 0.6) is 0 Å².